The number of anilines is 1. The number of nitrogens with zero attached hydrogens (tertiary/aromatic N) is 2. The third-order valence-corrected chi connectivity index (χ3v) is 4.12. The van der Waals surface area contributed by atoms with Crippen LogP contribution in [0.4, 0.5) is 5.69 Å². The van der Waals surface area contributed by atoms with Gasteiger partial charge < -0.3 is 11.1 Å². The number of aromatic nitrogens is 2. The summed E-state index contributed by atoms with van der Waals surface area (Å²) >= 11 is 0. The number of amides is 1. The number of hydrogen-bond acceptors (Lipinski definition) is 3. The van der Waals surface area contributed by atoms with Gasteiger partial charge in [0.1, 0.15) is 0 Å². The smallest absolute Gasteiger partial charge is 0.223 e. The summed E-state index contributed by atoms with van der Waals surface area (Å²) in [6, 6.07) is 0. The molecule has 106 valence electrons. The molecule has 1 fully saturated rings. The molecule has 2 rings (SSSR count). The Kier molecular flexibility index (Phi) is 4.12. The first kappa shape index (κ1) is 13.9. The maximum absolute atomic E-state index is 12.2. The highest BCUT2D eigenvalue weighted by atomic mass is 16.1. The van der Waals surface area contributed by atoms with Gasteiger partial charge in [0.05, 0.1) is 18.4 Å². The summed E-state index contributed by atoms with van der Waals surface area (Å²) in [5.41, 5.74) is 6.37. The van der Waals surface area contributed by atoms with E-state index in [4.69, 9.17) is 5.73 Å². The van der Waals surface area contributed by atoms with Crippen molar-refractivity contribution >= 4 is 11.6 Å². The molecule has 3 N–H and O–H groups in total. The Balaban J connectivity index is 1.80. The summed E-state index contributed by atoms with van der Waals surface area (Å²) in [6.45, 7) is 5.66. The fourth-order valence-electron chi connectivity index (χ4n) is 2.90. The average Bonchev–Trinajstić information content (AvgIpc) is 2.74. The fourth-order valence-corrected chi connectivity index (χ4v) is 2.90. The van der Waals surface area contributed by atoms with Crippen molar-refractivity contribution in [3.05, 3.63) is 12.4 Å². The second-order valence-electron chi connectivity index (χ2n) is 6.11. The van der Waals surface area contributed by atoms with Crippen molar-refractivity contribution in [3.63, 3.8) is 0 Å². The lowest BCUT2D eigenvalue weighted by atomic mass is 9.68. The number of nitrogens with one attached hydrogen (secondary N) is 1. The van der Waals surface area contributed by atoms with Crippen molar-refractivity contribution in [1.82, 2.24) is 15.1 Å². The minimum absolute atomic E-state index is 0.123. The van der Waals surface area contributed by atoms with Gasteiger partial charge in [0, 0.05) is 18.7 Å². The molecule has 1 amide bonds. The van der Waals surface area contributed by atoms with Crippen LogP contribution in [0.25, 0.3) is 0 Å². The molecule has 1 heterocycles. The molecule has 5 nitrogen and oxygen atoms in total. The SMILES string of the molecule is CC1(C)CCCCC1C(=O)NCCn1cc(N)cn1. The standard InChI is InChI=1S/C14H24N4O/c1-14(2)6-4-3-5-12(14)13(19)16-7-8-18-10-11(15)9-17-18/h9-10,12H,3-8,15H2,1-2H3,(H,16,19). The number of hydrogen-bond donors (Lipinski definition) is 2. The van der Waals surface area contributed by atoms with Crippen molar-refractivity contribution in [1.29, 1.82) is 0 Å². The van der Waals surface area contributed by atoms with E-state index < -0.39 is 0 Å². The zero-order chi connectivity index (χ0) is 13.9. The number of nitrogen functional groups attached to an aromatic ring is 1. The van der Waals surface area contributed by atoms with E-state index in [-0.39, 0.29) is 17.2 Å². The molecule has 1 aromatic heterocycles. The second kappa shape index (κ2) is 5.63. The summed E-state index contributed by atoms with van der Waals surface area (Å²) in [5.74, 6) is 0.328. The van der Waals surface area contributed by atoms with Crippen LogP contribution in [-0.4, -0.2) is 22.2 Å². The van der Waals surface area contributed by atoms with Crippen LogP contribution < -0.4 is 11.1 Å². The quantitative estimate of drug-likeness (QED) is 0.871. The maximum Gasteiger partial charge on any atom is 0.223 e. The van der Waals surface area contributed by atoms with Crippen LogP contribution in [0.3, 0.4) is 0 Å². The Morgan fingerprint density at radius 2 is 2.37 bits per heavy atom. The van der Waals surface area contributed by atoms with Crippen molar-refractivity contribution in [2.75, 3.05) is 12.3 Å². The molecule has 1 unspecified atom stereocenters. The van der Waals surface area contributed by atoms with Gasteiger partial charge in [0.2, 0.25) is 5.91 Å². The summed E-state index contributed by atoms with van der Waals surface area (Å²) in [4.78, 5) is 12.2. The molecule has 0 aromatic carbocycles. The number of rotatable bonds is 4. The van der Waals surface area contributed by atoms with Crippen LogP contribution in [-0.2, 0) is 11.3 Å². The Morgan fingerprint density at radius 1 is 1.58 bits per heavy atom. The van der Waals surface area contributed by atoms with Gasteiger partial charge in [0.15, 0.2) is 0 Å². The first-order valence-electron chi connectivity index (χ1n) is 7.05. The molecule has 1 aliphatic carbocycles. The van der Waals surface area contributed by atoms with Gasteiger partial charge in [-0.05, 0) is 18.3 Å². The first-order valence-corrected chi connectivity index (χ1v) is 7.05. The Hall–Kier alpha value is -1.52. The molecule has 0 saturated heterocycles. The van der Waals surface area contributed by atoms with E-state index in [1.165, 1.54) is 6.42 Å². The monoisotopic (exact) mass is 264 g/mol. The molecule has 1 atom stereocenters. The normalized spacial score (nSPS) is 22.1. The average molecular weight is 264 g/mol. The number of carbonyl (C=O) groups excluding carboxylic acids is 1. The van der Waals surface area contributed by atoms with E-state index in [2.05, 4.69) is 24.3 Å². The van der Waals surface area contributed by atoms with Crippen LogP contribution in [0, 0.1) is 11.3 Å². The van der Waals surface area contributed by atoms with E-state index in [0.29, 0.717) is 18.8 Å². The topological polar surface area (TPSA) is 72.9 Å². The van der Waals surface area contributed by atoms with E-state index in [0.717, 1.165) is 19.3 Å². The van der Waals surface area contributed by atoms with E-state index >= 15 is 0 Å². The van der Waals surface area contributed by atoms with Gasteiger partial charge in [-0.15, -0.1) is 0 Å². The second-order valence-corrected chi connectivity index (χ2v) is 6.11. The fraction of sp³-hybridized carbons (Fsp3) is 0.714. The minimum atomic E-state index is 0.123. The molecule has 1 aliphatic rings. The van der Waals surface area contributed by atoms with Crippen LogP contribution >= 0.6 is 0 Å². The van der Waals surface area contributed by atoms with Crippen molar-refractivity contribution in [3.8, 4) is 0 Å². The highest BCUT2D eigenvalue weighted by Crippen LogP contribution is 2.40. The van der Waals surface area contributed by atoms with E-state index in [9.17, 15) is 4.79 Å². The van der Waals surface area contributed by atoms with E-state index in [1.54, 1.807) is 17.1 Å². The van der Waals surface area contributed by atoms with Crippen LogP contribution in [0.1, 0.15) is 39.5 Å². The Bertz CT molecular complexity index is 438. The molecular weight excluding hydrogens is 240 g/mol. The lowest BCUT2D eigenvalue weighted by molar-refractivity contribution is -0.130. The van der Waals surface area contributed by atoms with Gasteiger partial charge in [-0.1, -0.05) is 26.7 Å². The van der Waals surface area contributed by atoms with Gasteiger partial charge in [-0.2, -0.15) is 5.10 Å². The molecular formula is C14H24N4O. The Labute approximate surface area is 114 Å². The Morgan fingerprint density at radius 3 is 3.00 bits per heavy atom. The molecule has 1 aromatic rings. The van der Waals surface area contributed by atoms with Crippen molar-refractivity contribution < 1.29 is 4.79 Å². The molecule has 5 heteroatoms. The van der Waals surface area contributed by atoms with Crippen molar-refractivity contribution in [2.45, 2.75) is 46.1 Å². The predicted molar refractivity (Wildman–Crippen MR) is 75.4 cm³/mol. The van der Waals surface area contributed by atoms with Crippen molar-refractivity contribution in [2.24, 2.45) is 11.3 Å². The predicted octanol–water partition coefficient (Wildman–Crippen LogP) is 1.80. The maximum atomic E-state index is 12.2. The highest BCUT2D eigenvalue weighted by molar-refractivity contribution is 5.79. The van der Waals surface area contributed by atoms with Crippen LogP contribution in [0.15, 0.2) is 12.4 Å². The zero-order valence-electron chi connectivity index (χ0n) is 11.9. The molecule has 0 aliphatic heterocycles. The summed E-state index contributed by atoms with van der Waals surface area (Å²) in [7, 11) is 0. The van der Waals surface area contributed by atoms with E-state index in [1.807, 2.05) is 0 Å². The molecule has 0 spiro atoms. The number of carbonyl (C=O) groups is 1. The third kappa shape index (κ3) is 3.49. The van der Waals surface area contributed by atoms with Gasteiger partial charge in [-0.25, -0.2) is 0 Å². The van der Waals surface area contributed by atoms with Crippen LogP contribution in [0.2, 0.25) is 0 Å². The minimum Gasteiger partial charge on any atom is -0.396 e. The largest absolute Gasteiger partial charge is 0.396 e. The molecule has 0 bridgehead atoms. The van der Waals surface area contributed by atoms with Gasteiger partial charge >= 0.3 is 0 Å². The number of nitrogens with two attached hydrogens (primary N) is 1. The summed E-state index contributed by atoms with van der Waals surface area (Å²) < 4.78 is 1.75. The molecule has 19 heavy (non-hydrogen) atoms. The molecule has 1 saturated carbocycles. The van der Waals surface area contributed by atoms with Gasteiger partial charge in [0.25, 0.3) is 0 Å². The lowest BCUT2D eigenvalue weighted by Gasteiger charge is -2.37. The molecule has 0 radical (unpaired) electrons. The summed E-state index contributed by atoms with van der Waals surface area (Å²) in [5, 5.41) is 7.12. The van der Waals surface area contributed by atoms with Crippen LogP contribution in [0.5, 0.6) is 0 Å². The highest BCUT2D eigenvalue weighted by Gasteiger charge is 2.36. The summed E-state index contributed by atoms with van der Waals surface area (Å²) in [6.07, 6.45) is 7.94. The first-order chi connectivity index (χ1) is 8.99. The zero-order valence-corrected chi connectivity index (χ0v) is 11.9. The third-order valence-electron chi connectivity index (χ3n) is 4.12. The lowest BCUT2D eigenvalue weighted by Crippen LogP contribution is -2.42. The van der Waals surface area contributed by atoms with Gasteiger partial charge in [-0.3, -0.25) is 9.48 Å².